The summed E-state index contributed by atoms with van der Waals surface area (Å²) in [7, 11) is 0. The summed E-state index contributed by atoms with van der Waals surface area (Å²) in [6, 6.07) is 3.67. The summed E-state index contributed by atoms with van der Waals surface area (Å²) in [5.74, 6) is -0.402. The maximum Gasteiger partial charge on any atom is 0.249 e. The summed E-state index contributed by atoms with van der Waals surface area (Å²) in [6.45, 7) is 1.95. The first kappa shape index (κ1) is 9.98. The summed E-state index contributed by atoms with van der Waals surface area (Å²) in [5.41, 5.74) is 6.76. The van der Waals surface area contributed by atoms with E-state index in [1.165, 1.54) is 0 Å². The molecule has 0 atom stereocenters. The molecule has 1 rings (SSSR count). The molecule has 0 aliphatic heterocycles. The largest absolute Gasteiger partial charge is 0.366 e. The second-order valence-electron chi connectivity index (χ2n) is 2.45. The second-order valence-corrected chi connectivity index (χ2v) is 4.46. The van der Waals surface area contributed by atoms with Crippen LogP contribution in [-0.4, -0.2) is 5.91 Å². The Morgan fingerprint density at radius 3 is 2.67 bits per heavy atom. The SMILES string of the molecule is Cc1cc(C(N)=O)c(Br)cc1I. The van der Waals surface area contributed by atoms with Gasteiger partial charge in [0.05, 0.1) is 5.56 Å². The highest BCUT2D eigenvalue weighted by Gasteiger charge is 2.07. The van der Waals surface area contributed by atoms with Crippen LogP contribution in [0.15, 0.2) is 16.6 Å². The fourth-order valence-electron chi connectivity index (χ4n) is 0.846. The zero-order chi connectivity index (χ0) is 9.30. The van der Waals surface area contributed by atoms with E-state index < -0.39 is 5.91 Å². The first-order valence-corrected chi connectivity index (χ1v) is 5.15. The lowest BCUT2D eigenvalue weighted by molar-refractivity contribution is 0.0999. The molecule has 1 amide bonds. The van der Waals surface area contributed by atoms with Gasteiger partial charge in [0.1, 0.15) is 0 Å². The van der Waals surface area contributed by atoms with Gasteiger partial charge in [-0.1, -0.05) is 0 Å². The molecule has 12 heavy (non-hydrogen) atoms. The van der Waals surface area contributed by atoms with Gasteiger partial charge in [-0.15, -0.1) is 0 Å². The summed E-state index contributed by atoms with van der Waals surface area (Å²) >= 11 is 5.48. The van der Waals surface area contributed by atoms with Gasteiger partial charge in [0.15, 0.2) is 0 Å². The van der Waals surface area contributed by atoms with Crippen LogP contribution in [0.2, 0.25) is 0 Å². The van der Waals surface area contributed by atoms with Gasteiger partial charge in [-0.25, -0.2) is 0 Å². The van der Waals surface area contributed by atoms with Crippen molar-refractivity contribution in [2.24, 2.45) is 5.73 Å². The third-order valence-electron chi connectivity index (χ3n) is 1.51. The third kappa shape index (κ3) is 1.98. The summed E-state index contributed by atoms with van der Waals surface area (Å²) < 4.78 is 1.87. The fourth-order valence-corrected chi connectivity index (χ4v) is 2.28. The summed E-state index contributed by atoms with van der Waals surface area (Å²) in [5, 5.41) is 0. The number of carbonyl (C=O) groups is 1. The lowest BCUT2D eigenvalue weighted by Crippen LogP contribution is -2.12. The van der Waals surface area contributed by atoms with Crippen molar-refractivity contribution in [3.05, 3.63) is 31.3 Å². The lowest BCUT2D eigenvalue weighted by atomic mass is 10.1. The average molecular weight is 340 g/mol. The van der Waals surface area contributed by atoms with Crippen LogP contribution in [0, 0.1) is 10.5 Å². The van der Waals surface area contributed by atoms with Crippen molar-refractivity contribution in [3.8, 4) is 0 Å². The van der Waals surface area contributed by atoms with E-state index in [9.17, 15) is 4.79 Å². The minimum Gasteiger partial charge on any atom is -0.366 e. The van der Waals surface area contributed by atoms with Crippen LogP contribution in [-0.2, 0) is 0 Å². The fraction of sp³-hybridized carbons (Fsp3) is 0.125. The normalized spacial score (nSPS) is 9.92. The number of hydrogen-bond donors (Lipinski definition) is 1. The van der Waals surface area contributed by atoms with Gasteiger partial charge in [0, 0.05) is 8.04 Å². The van der Waals surface area contributed by atoms with Crippen molar-refractivity contribution in [2.45, 2.75) is 6.92 Å². The Morgan fingerprint density at radius 2 is 2.17 bits per heavy atom. The predicted molar refractivity (Wildman–Crippen MR) is 60.1 cm³/mol. The maximum atomic E-state index is 10.9. The Bertz CT molecular complexity index is 338. The van der Waals surface area contributed by atoms with Crippen LogP contribution < -0.4 is 5.73 Å². The molecule has 0 aromatic heterocycles. The van der Waals surface area contributed by atoms with E-state index in [1.807, 2.05) is 13.0 Å². The van der Waals surface area contributed by atoms with Crippen molar-refractivity contribution in [1.82, 2.24) is 0 Å². The topological polar surface area (TPSA) is 43.1 Å². The molecule has 2 N–H and O–H groups in total. The van der Waals surface area contributed by atoms with Gasteiger partial charge >= 0.3 is 0 Å². The van der Waals surface area contributed by atoms with Crippen LogP contribution in [0.5, 0.6) is 0 Å². The molecular formula is C8H7BrINO. The Labute approximate surface area is 92.8 Å². The molecule has 64 valence electrons. The number of rotatable bonds is 1. The highest BCUT2D eigenvalue weighted by atomic mass is 127. The number of benzene rings is 1. The van der Waals surface area contributed by atoms with E-state index in [0.717, 1.165) is 13.6 Å². The number of amides is 1. The molecule has 1 aromatic rings. The molecule has 0 bridgehead atoms. The third-order valence-corrected chi connectivity index (χ3v) is 3.33. The highest BCUT2D eigenvalue weighted by Crippen LogP contribution is 2.22. The summed E-state index contributed by atoms with van der Waals surface area (Å²) in [4.78, 5) is 10.9. The second kappa shape index (κ2) is 3.74. The Kier molecular flexibility index (Phi) is 3.11. The number of halogens is 2. The van der Waals surface area contributed by atoms with Gasteiger partial charge < -0.3 is 5.73 Å². The first-order chi connectivity index (χ1) is 5.52. The molecule has 0 aliphatic carbocycles. The standard InChI is InChI=1S/C8H7BrINO/c1-4-2-5(8(11)12)6(9)3-7(4)10/h2-3H,1H3,(H2,11,12). The molecule has 0 saturated heterocycles. The highest BCUT2D eigenvalue weighted by molar-refractivity contribution is 14.1. The van der Waals surface area contributed by atoms with E-state index in [-0.39, 0.29) is 0 Å². The van der Waals surface area contributed by atoms with Crippen molar-refractivity contribution < 1.29 is 4.79 Å². The number of nitrogens with two attached hydrogens (primary N) is 1. The molecule has 0 fully saturated rings. The molecule has 0 heterocycles. The zero-order valence-electron chi connectivity index (χ0n) is 6.40. The molecular weight excluding hydrogens is 333 g/mol. The number of hydrogen-bond acceptors (Lipinski definition) is 1. The summed E-state index contributed by atoms with van der Waals surface area (Å²) in [6.07, 6.45) is 0. The number of aryl methyl sites for hydroxylation is 1. The van der Waals surface area contributed by atoms with E-state index in [1.54, 1.807) is 6.07 Å². The van der Waals surface area contributed by atoms with E-state index in [2.05, 4.69) is 38.5 Å². The van der Waals surface area contributed by atoms with Gasteiger partial charge in [-0.05, 0) is 63.1 Å². The quantitative estimate of drug-likeness (QED) is 0.785. The zero-order valence-corrected chi connectivity index (χ0v) is 10.1. The molecule has 4 heteroatoms. The Hall–Kier alpha value is -0.1000. The van der Waals surface area contributed by atoms with Crippen LogP contribution in [0.4, 0.5) is 0 Å². The monoisotopic (exact) mass is 339 g/mol. The molecule has 0 aliphatic rings. The number of carbonyl (C=O) groups excluding carboxylic acids is 1. The van der Waals surface area contributed by atoms with Crippen molar-refractivity contribution in [2.75, 3.05) is 0 Å². The molecule has 2 nitrogen and oxygen atoms in total. The van der Waals surface area contributed by atoms with Crippen LogP contribution in [0.25, 0.3) is 0 Å². The molecule has 0 saturated carbocycles. The van der Waals surface area contributed by atoms with Gasteiger partial charge in [-0.3, -0.25) is 4.79 Å². The number of primary amides is 1. The minimum absolute atomic E-state index is 0.402. The van der Waals surface area contributed by atoms with E-state index in [0.29, 0.717) is 5.56 Å². The van der Waals surface area contributed by atoms with Crippen LogP contribution >= 0.6 is 38.5 Å². The Balaban J connectivity index is 3.33. The van der Waals surface area contributed by atoms with Crippen LogP contribution in [0.3, 0.4) is 0 Å². The smallest absolute Gasteiger partial charge is 0.249 e. The van der Waals surface area contributed by atoms with Gasteiger partial charge in [-0.2, -0.15) is 0 Å². The molecule has 0 unspecified atom stereocenters. The van der Waals surface area contributed by atoms with Crippen molar-refractivity contribution in [1.29, 1.82) is 0 Å². The Morgan fingerprint density at radius 1 is 1.58 bits per heavy atom. The maximum absolute atomic E-state index is 10.9. The van der Waals surface area contributed by atoms with Crippen LogP contribution in [0.1, 0.15) is 15.9 Å². The van der Waals surface area contributed by atoms with Crippen molar-refractivity contribution >= 4 is 44.4 Å². The lowest BCUT2D eigenvalue weighted by Gasteiger charge is -2.03. The average Bonchev–Trinajstić information content (AvgIpc) is 1.96. The predicted octanol–water partition coefficient (Wildman–Crippen LogP) is 2.46. The van der Waals surface area contributed by atoms with E-state index in [4.69, 9.17) is 5.73 Å². The van der Waals surface area contributed by atoms with Gasteiger partial charge in [0.25, 0.3) is 0 Å². The van der Waals surface area contributed by atoms with E-state index >= 15 is 0 Å². The van der Waals surface area contributed by atoms with Crippen molar-refractivity contribution in [3.63, 3.8) is 0 Å². The minimum atomic E-state index is -0.402. The first-order valence-electron chi connectivity index (χ1n) is 3.28. The molecule has 1 aromatic carbocycles. The molecule has 0 spiro atoms. The van der Waals surface area contributed by atoms with Gasteiger partial charge in [0.2, 0.25) is 5.91 Å². The molecule has 0 radical (unpaired) electrons.